The minimum absolute atomic E-state index is 0.254. The van der Waals surface area contributed by atoms with Crippen molar-refractivity contribution in [3.8, 4) is 5.75 Å². The molecule has 2 heterocycles. The maximum atomic E-state index is 6.14. The van der Waals surface area contributed by atoms with Gasteiger partial charge in [-0.05, 0) is 37.1 Å². The molecule has 3 heteroatoms. The summed E-state index contributed by atoms with van der Waals surface area (Å²) in [6.45, 7) is 7.83. The van der Waals surface area contributed by atoms with Crippen molar-refractivity contribution in [2.24, 2.45) is 5.92 Å². The Morgan fingerprint density at radius 2 is 2.29 bits per heavy atom. The first-order valence-corrected chi connectivity index (χ1v) is 6.65. The fourth-order valence-electron chi connectivity index (χ4n) is 2.81. The van der Waals surface area contributed by atoms with E-state index in [-0.39, 0.29) is 5.60 Å². The summed E-state index contributed by atoms with van der Waals surface area (Å²) >= 11 is 3.50. The van der Waals surface area contributed by atoms with Crippen LogP contribution in [0.5, 0.6) is 5.75 Å². The normalized spacial score (nSPS) is 31.4. The van der Waals surface area contributed by atoms with Gasteiger partial charge in [0.2, 0.25) is 0 Å². The van der Waals surface area contributed by atoms with Crippen molar-refractivity contribution in [2.45, 2.75) is 18.9 Å². The monoisotopic (exact) mass is 294 g/mol. The number of halogens is 1. The number of hydrogen-bond acceptors (Lipinski definition) is 2. The number of ether oxygens (including phenoxy) is 2. The van der Waals surface area contributed by atoms with Crippen molar-refractivity contribution < 1.29 is 9.47 Å². The summed E-state index contributed by atoms with van der Waals surface area (Å²) in [5, 5.41) is 0. The third-order valence-corrected chi connectivity index (χ3v) is 4.22. The van der Waals surface area contributed by atoms with Gasteiger partial charge in [-0.25, -0.2) is 0 Å². The molecule has 1 saturated heterocycles. The number of benzene rings is 1. The van der Waals surface area contributed by atoms with Crippen LogP contribution in [0.3, 0.4) is 0 Å². The molecule has 90 valence electrons. The summed E-state index contributed by atoms with van der Waals surface area (Å²) < 4.78 is 12.8. The Bertz CT molecular complexity index is 483. The summed E-state index contributed by atoms with van der Waals surface area (Å²) in [5.41, 5.74) is 2.05. The standard InChI is InChI=1S/C14H15BrO2/c1-9-11-7-10(15)3-4-13(11)17-14(2)8-16-6-5-12(9)14/h3-4,7,12H,1,5-6,8H2,2H3. The topological polar surface area (TPSA) is 18.5 Å². The van der Waals surface area contributed by atoms with Crippen molar-refractivity contribution >= 4 is 21.5 Å². The molecule has 1 fully saturated rings. The summed E-state index contributed by atoms with van der Waals surface area (Å²) in [6, 6.07) is 6.09. The fourth-order valence-corrected chi connectivity index (χ4v) is 3.17. The predicted octanol–water partition coefficient (Wildman–Crippen LogP) is 3.65. The van der Waals surface area contributed by atoms with Gasteiger partial charge >= 0.3 is 0 Å². The van der Waals surface area contributed by atoms with Crippen LogP contribution in [-0.2, 0) is 4.74 Å². The number of rotatable bonds is 0. The largest absolute Gasteiger partial charge is 0.484 e. The molecule has 1 aromatic rings. The SMILES string of the molecule is C=C1c2cc(Br)ccc2OC2(C)COCCC12. The molecule has 0 aromatic heterocycles. The van der Waals surface area contributed by atoms with E-state index in [0.717, 1.165) is 28.8 Å². The van der Waals surface area contributed by atoms with Crippen LogP contribution in [0.1, 0.15) is 18.9 Å². The smallest absolute Gasteiger partial charge is 0.136 e. The lowest BCUT2D eigenvalue weighted by Gasteiger charge is -2.46. The average molecular weight is 295 g/mol. The second kappa shape index (κ2) is 3.85. The quantitative estimate of drug-likeness (QED) is 0.727. The Morgan fingerprint density at radius 1 is 1.47 bits per heavy atom. The van der Waals surface area contributed by atoms with Gasteiger partial charge in [-0.15, -0.1) is 0 Å². The summed E-state index contributed by atoms with van der Waals surface area (Å²) in [6.07, 6.45) is 0.987. The summed E-state index contributed by atoms with van der Waals surface area (Å²) in [7, 11) is 0. The predicted molar refractivity (Wildman–Crippen MR) is 71.1 cm³/mol. The molecule has 0 radical (unpaired) electrons. The minimum atomic E-state index is -0.254. The van der Waals surface area contributed by atoms with Gasteiger partial charge in [-0.3, -0.25) is 0 Å². The van der Waals surface area contributed by atoms with E-state index < -0.39 is 0 Å². The van der Waals surface area contributed by atoms with Crippen molar-refractivity contribution in [1.29, 1.82) is 0 Å². The zero-order valence-corrected chi connectivity index (χ0v) is 11.4. The van der Waals surface area contributed by atoms with E-state index in [1.54, 1.807) is 0 Å². The first-order chi connectivity index (χ1) is 8.10. The van der Waals surface area contributed by atoms with Crippen LogP contribution >= 0.6 is 15.9 Å². The first-order valence-electron chi connectivity index (χ1n) is 5.86. The van der Waals surface area contributed by atoms with Crippen molar-refractivity contribution in [2.75, 3.05) is 13.2 Å². The molecular formula is C14H15BrO2. The van der Waals surface area contributed by atoms with E-state index in [2.05, 4.69) is 35.5 Å². The Morgan fingerprint density at radius 3 is 3.12 bits per heavy atom. The molecule has 2 aliphatic heterocycles. The lowest BCUT2D eigenvalue weighted by molar-refractivity contribution is -0.0840. The van der Waals surface area contributed by atoms with E-state index in [9.17, 15) is 0 Å². The van der Waals surface area contributed by atoms with E-state index in [4.69, 9.17) is 9.47 Å². The Kier molecular flexibility index (Phi) is 2.56. The van der Waals surface area contributed by atoms with E-state index in [0.29, 0.717) is 12.5 Å². The van der Waals surface area contributed by atoms with Gasteiger partial charge in [0.05, 0.1) is 6.61 Å². The van der Waals surface area contributed by atoms with Crippen LogP contribution in [0.4, 0.5) is 0 Å². The lowest BCUT2D eigenvalue weighted by Crippen LogP contribution is -2.51. The van der Waals surface area contributed by atoms with Crippen molar-refractivity contribution in [3.63, 3.8) is 0 Å². The second-order valence-electron chi connectivity index (χ2n) is 4.97. The van der Waals surface area contributed by atoms with Crippen LogP contribution in [0.25, 0.3) is 5.57 Å². The molecule has 2 aliphatic rings. The van der Waals surface area contributed by atoms with Gasteiger partial charge in [-0.2, -0.15) is 0 Å². The maximum absolute atomic E-state index is 6.14. The summed E-state index contributed by atoms with van der Waals surface area (Å²) in [4.78, 5) is 0. The first kappa shape index (κ1) is 11.3. The highest BCUT2D eigenvalue weighted by atomic mass is 79.9. The highest BCUT2D eigenvalue weighted by Crippen LogP contribution is 2.47. The average Bonchev–Trinajstić information content (AvgIpc) is 2.30. The van der Waals surface area contributed by atoms with Gasteiger partial charge < -0.3 is 9.47 Å². The van der Waals surface area contributed by atoms with Crippen LogP contribution in [0.2, 0.25) is 0 Å². The number of fused-ring (bicyclic) bond motifs is 2. The van der Waals surface area contributed by atoms with Gasteiger partial charge in [0.1, 0.15) is 11.4 Å². The van der Waals surface area contributed by atoms with Crippen LogP contribution in [0.15, 0.2) is 29.3 Å². The highest BCUT2D eigenvalue weighted by Gasteiger charge is 2.45. The molecule has 0 spiro atoms. The number of hydrogen-bond donors (Lipinski definition) is 0. The fraction of sp³-hybridized carbons (Fsp3) is 0.429. The van der Waals surface area contributed by atoms with Gasteiger partial charge in [0.25, 0.3) is 0 Å². The molecule has 2 unspecified atom stereocenters. The van der Waals surface area contributed by atoms with Crippen molar-refractivity contribution in [3.05, 3.63) is 34.8 Å². The lowest BCUT2D eigenvalue weighted by atomic mass is 9.75. The molecule has 0 amide bonds. The molecule has 2 nitrogen and oxygen atoms in total. The van der Waals surface area contributed by atoms with E-state index in [1.165, 1.54) is 5.57 Å². The van der Waals surface area contributed by atoms with Crippen LogP contribution in [-0.4, -0.2) is 18.8 Å². The van der Waals surface area contributed by atoms with Crippen molar-refractivity contribution in [1.82, 2.24) is 0 Å². The minimum Gasteiger partial charge on any atom is -0.484 e. The van der Waals surface area contributed by atoms with Gasteiger partial charge in [0.15, 0.2) is 0 Å². The van der Waals surface area contributed by atoms with Gasteiger partial charge in [0, 0.05) is 22.6 Å². The zero-order valence-electron chi connectivity index (χ0n) is 9.83. The molecule has 2 atom stereocenters. The van der Waals surface area contributed by atoms with Crippen LogP contribution in [0, 0.1) is 5.92 Å². The molecule has 0 saturated carbocycles. The third kappa shape index (κ3) is 1.72. The maximum Gasteiger partial charge on any atom is 0.136 e. The molecule has 1 aromatic carbocycles. The third-order valence-electron chi connectivity index (χ3n) is 3.73. The molecular weight excluding hydrogens is 280 g/mol. The molecule has 0 bridgehead atoms. The Hall–Kier alpha value is -0.800. The Labute approximate surface area is 110 Å². The molecule has 0 N–H and O–H groups in total. The molecule has 17 heavy (non-hydrogen) atoms. The highest BCUT2D eigenvalue weighted by molar-refractivity contribution is 9.10. The van der Waals surface area contributed by atoms with Crippen LogP contribution < -0.4 is 4.74 Å². The molecule has 0 aliphatic carbocycles. The zero-order chi connectivity index (χ0) is 12.0. The molecule has 3 rings (SSSR count). The van der Waals surface area contributed by atoms with Gasteiger partial charge in [-0.1, -0.05) is 22.5 Å². The van der Waals surface area contributed by atoms with E-state index >= 15 is 0 Å². The van der Waals surface area contributed by atoms with E-state index in [1.807, 2.05) is 12.1 Å². The summed E-state index contributed by atoms with van der Waals surface area (Å²) in [5.74, 6) is 1.28. The Balaban J connectivity index is 2.09. The second-order valence-corrected chi connectivity index (χ2v) is 5.89.